The third-order valence-electron chi connectivity index (χ3n) is 4.42. The molecule has 0 saturated heterocycles. The zero-order chi connectivity index (χ0) is 21.0. The van der Waals surface area contributed by atoms with E-state index in [1.54, 1.807) is 18.3 Å². The maximum absolute atomic E-state index is 13.7. The van der Waals surface area contributed by atoms with E-state index in [-0.39, 0.29) is 0 Å². The molecule has 0 bridgehead atoms. The normalized spacial score (nSPS) is 12.6. The molecule has 0 saturated carbocycles. The van der Waals surface area contributed by atoms with Crippen molar-refractivity contribution in [3.63, 3.8) is 0 Å². The molecule has 0 atom stereocenters. The molecule has 148 valence electrons. The lowest BCUT2D eigenvalue weighted by Crippen LogP contribution is -2.12. The van der Waals surface area contributed by atoms with Crippen molar-refractivity contribution >= 4 is 17.4 Å². The minimum absolute atomic E-state index is 0.302. The first kappa shape index (κ1) is 20.2. The molecular formula is C22H23FN6. The van der Waals surface area contributed by atoms with Crippen LogP contribution in [0.25, 0.3) is 22.5 Å². The molecule has 0 spiro atoms. The lowest BCUT2D eigenvalue weighted by Gasteiger charge is -2.12. The molecule has 2 N–H and O–H groups in total. The predicted molar refractivity (Wildman–Crippen MR) is 113 cm³/mol. The number of nitriles is 1. The second-order valence-electron chi connectivity index (χ2n) is 7.39. The van der Waals surface area contributed by atoms with E-state index in [4.69, 9.17) is 5.73 Å². The highest BCUT2D eigenvalue weighted by molar-refractivity contribution is 6.11. The molecule has 0 radical (unpaired) electrons. The molecule has 7 heteroatoms. The van der Waals surface area contributed by atoms with E-state index < -0.39 is 5.67 Å². The van der Waals surface area contributed by atoms with Crippen molar-refractivity contribution in [2.24, 2.45) is 10.7 Å². The topological polar surface area (TPSA) is 92.4 Å². The number of hydrogen-bond donors (Lipinski definition) is 1. The van der Waals surface area contributed by atoms with Crippen LogP contribution in [-0.4, -0.2) is 32.8 Å². The van der Waals surface area contributed by atoms with E-state index in [1.165, 1.54) is 20.0 Å². The fourth-order valence-corrected chi connectivity index (χ4v) is 2.93. The van der Waals surface area contributed by atoms with Crippen LogP contribution < -0.4 is 5.73 Å². The highest BCUT2D eigenvalue weighted by Gasteiger charge is 2.15. The second-order valence-corrected chi connectivity index (χ2v) is 7.39. The number of imidazole rings is 1. The van der Waals surface area contributed by atoms with Gasteiger partial charge in [0.2, 0.25) is 0 Å². The number of hydrogen-bond acceptors (Lipinski definition) is 5. The van der Waals surface area contributed by atoms with Gasteiger partial charge in [-0.3, -0.25) is 4.99 Å². The number of aromatic nitrogens is 3. The van der Waals surface area contributed by atoms with Crippen LogP contribution >= 0.6 is 0 Å². The Bertz CT molecular complexity index is 1130. The van der Waals surface area contributed by atoms with Crippen molar-refractivity contribution in [1.82, 2.24) is 14.4 Å². The molecule has 3 aromatic rings. The lowest BCUT2D eigenvalue weighted by atomic mass is 10.0. The van der Waals surface area contributed by atoms with Gasteiger partial charge in [0.1, 0.15) is 23.1 Å². The van der Waals surface area contributed by atoms with Crippen LogP contribution in [0.2, 0.25) is 0 Å². The van der Waals surface area contributed by atoms with Crippen molar-refractivity contribution in [3.8, 4) is 17.3 Å². The molecule has 0 aliphatic heterocycles. The number of nitrogens with two attached hydrogens (primary N) is 1. The van der Waals surface area contributed by atoms with Gasteiger partial charge >= 0.3 is 0 Å². The zero-order valence-electron chi connectivity index (χ0n) is 16.7. The maximum atomic E-state index is 13.7. The molecule has 29 heavy (non-hydrogen) atoms. The van der Waals surface area contributed by atoms with Crippen LogP contribution in [0, 0.1) is 18.3 Å². The van der Waals surface area contributed by atoms with Gasteiger partial charge in [0.05, 0.1) is 11.4 Å². The number of fused-ring (bicyclic) bond motifs is 1. The predicted octanol–water partition coefficient (Wildman–Crippen LogP) is 4.09. The Kier molecular flexibility index (Phi) is 5.74. The molecular weight excluding hydrogens is 367 g/mol. The van der Waals surface area contributed by atoms with Crippen LogP contribution in [0.4, 0.5) is 4.39 Å². The smallest absolute Gasteiger partial charge is 0.141 e. The third-order valence-corrected chi connectivity index (χ3v) is 4.42. The standard InChI is InChI=1S/C22H23FN6/c1-15-14-29-9-6-16(10-20(29)27-15)21-19(5-4-18(12-25)28-21)17(11-24)13-26-8-7-22(2,3)23/h4-6,9-11,13-14H,7-8,24H2,1-3H3. The van der Waals surface area contributed by atoms with Crippen molar-refractivity contribution in [1.29, 1.82) is 5.26 Å². The number of allylic oxidation sites excluding steroid dienone is 1. The van der Waals surface area contributed by atoms with Crippen molar-refractivity contribution < 1.29 is 4.39 Å². The number of alkyl halides is 1. The summed E-state index contributed by atoms with van der Waals surface area (Å²) in [5.41, 5.74) is 9.38. The van der Waals surface area contributed by atoms with E-state index in [1.807, 2.05) is 35.9 Å². The Labute approximate surface area is 169 Å². The number of aliphatic imine (C=N–C) groups is 1. The summed E-state index contributed by atoms with van der Waals surface area (Å²) in [6, 6.07) is 9.34. The van der Waals surface area contributed by atoms with Gasteiger partial charge in [0.25, 0.3) is 0 Å². The summed E-state index contributed by atoms with van der Waals surface area (Å²) in [4.78, 5) is 13.3. The van der Waals surface area contributed by atoms with Gasteiger partial charge in [-0.15, -0.1) is 0 Å². The van der Waals surface area contributed by atoms with Crippen LogP contribution in [0.1, 0.15) is 37.2 Å². The van der Waals surface area contributed by atoms with Gasteiger partial charge in [0.15, 0.2) is 0 Å². The van der Waals surface area contributed by atoms with E-state index in [2.05, 4.69) is 21.0 Å². The highest BCUT2D eigenvalue weighted by Crippen LogP contribution is 2.28. The monoisotopic (exact) mass is 390 g/mol. The first-order chi connectivity index (χ1) is 13.8. The molecule has 0 aliphatic rings. The molecule has 0 fully saturated rings. The second kappa shape index (κ2) is 8.23. The number of aryl methyl sites for hydroxylation is 1. The zero-order valence-corrected chi connectivity index (χ0v) is 16.7. The van der Waals surface area contributed by atoms with Crippen molar-refractivity contribution in [2.75, 3.05) is 6.54 Å². The molecule has 3 rings (SSSR count). The van der Waals surface area contributed by atoms with Gasteiger partial charge < -0.3 is 10.1 Å². The molecule has 3 aromatic heterocycles. The Morgan fingerprint density at radius 2 is 2.14 bits per heavy atom. The summed E-state index contributed by atoms with van der Waals surface area (Å²) in [6.07, 6.45) is 7.21. The summed E-state index contributed by atoms with van der Waals surface area (Å²) in [5, 5.41) is 9.29. The van der Waals surface area contributed by atoms with Crippen molar-refractivity contribution in [3.05, 3.63) is 59.8 Å². The van der Waals surface area contributed by atoms with Crippen molar-refractivity contribution in [2.45, 2.75) is 32.9 Å². The molecule has 6 nitrogen and oxygen atoms in total. The summed E-state index contributed by atoms with van der Waals surface area (Å²) < 4.78 is 15.6. The van der Waals surface area contributed by atoms with E-state index in [0.717, 1.165) is 22.5 Å². The lowest BCUT2D eigenvalue weighted by molar-refractivity contribution is 0.206. The fourth-order valence-electron chi connectivity index (χ4n) is 2.93. The first-order valence-corrected chi connectivity index (χ1v) is 9.28. The van der Waals surface area contributed by atoms with Gasteiger partial charge in [-0.1, -0.05) is 0 Å². The summed E-state index contributed by atoms with van der Waals surface area (Å²) in [7, 11) is 0. The number of rotatable bonds is 6. The van der Waals surface area contributed by atoms with E-state index in [9.17, 15) is 9.65 Å². The summed E-state index contributed by atoms with van der Waals surface area (Å²) in [6.45, 7) is 5.33. The molecule has 0 aromatic carbocycles. The SMILES string of the molecule is Cc1cn2ccc(-c3nc(C#N)ccc3C(C=NCCC(C)(C)F)=CN)cc2n1. The quantitative estimate of drug-likeness (QED) is 0.642. The third kappa shape index (κ3) is 4.85. The molecule has 3 heterocycles. The van der Waals surface area contributed by atoms with Crippen LogP contribution in [0.3, 0.4) is 0 Å². The van der Waals surface area contributed by atoms with Gasteiger partial charge in [-0.25, -0.2) is 14.4 Å². The van der Waals surface area contributed by atoms with Crippen LogP contribution in [0.15, 0.2) is 47.9 Å². The largest absolute Gasteiger partial charge is 0.404 e. The summed E-state index contributed by atoms with van der Waals surface area (Å²) in [5.74, 6) is 0. The Hall–Kier alpha value is -3.53. The molecule has 0 aliphatic carbocycles. The minimum Gasteiger partial charge on any atom is -0.404 e. The molecule has 0 amide bonds. The maximum Gasteiger partial charge on any atom is 0.141 e. The first-order valence-electron chi connectivity index (χ1n) is 9.28. The Morgan fingerprint density at radius 3 is 2.83 bits per heavy atom. The Morgan fingerprint density at radius 1 is 1.34 bits per heavy atom. The summed E-state index contributed by atoms with van der Waals surface area (Å²) >= 11 is 0. The van der Waals surface area contributed by atoms with Gasteiger partial charge in [-0.2, -0.15) is 5.26 Å². The van der Waals surface area contributed by atoms with E-state index >= 15 is 0 Å². The minimum atomic E-state index is -1.27. The average Bonchev–Trinajstić information content (AvgIpc) is 3.06. The Balaban J connectivity index is 2.02. The van der Waals surface area contributed by atoms with Gasteiger partial charge in [-0.05, 0) is 45.0 Å². The number of nitrogens with zero attached hydrogens (tertiary/aromatic N) is 5. The highest BCUT2D eigenvalue weighted by atomic mass is 19.1. The number of halogens is 1. The van der Waals surface area contributed by atoms with Gasteiger partial charge in [0, 0.05) is 54.5 Å². The van der Waals surface area contributed by atoms with Crippen LogP contribution in [0.5, 0.6) is 0 Å². The molecule has 0 unspecified atom stereocenters. The fraction of sp³-hybridized carbons (Fsp3) is 0.273. The number of pyridine rings is 2. The van der Waals surface area contributed by atoms with Crippen LogP contribution in [-0.2, 0) is 0 Å². The average molecular weight is 390 g/mol. The van der Waals surface area contributed by atoms with E-state index in [0.29, 0.717) is 29.9 Å².